The van der Waals surface area contributed by atoms with E-state index in [4.69, 9.17) is 0 Å². The first-order valence-electron chi connectivity index (χ1n) is 3.88. The van der Waals surface area contributed by atoms with E-state index < -0.39 is 32.6 Å². The van der Waals surface area contributed by atoms with Gasteiger partial charge in [-0.15, -0.1) is 8.67 Å². The molecule has 0 aliphatic rings. The van der Waals surface area contributed by atoms with Crippen LogP contribution in [0.15, 0.2) is 25.3 Å². The molecule has 0 rings (SSSR count). The minimum Gasteiger partial charge on any atom is -0.724 e. The van der Waals surface area contributed by atoms with E-state index in [1.165, 1.54) is 0 Å². The molecule has 0 aromatic heterocycles. The number of amides is 2. The smallest absolute Gasteiger partial charge is 0.724 e. The number of carbonyl (C=O) groups excluding carboxylic acids is 2. The third-order valence-corrected chi connectivity index (χ3v) is 1.15. The molecule has 118 valence electrons. The van der Waals surface area contributed by atoms with Gasteiger partial charge in [-0.25, -0.2) is 16.8 Å². The maximum atomic E-state index is 9.47. The Hall–Kier alpha value is 1.43. The number of hydrogen-bond donors (Lipinski definition) is 2. The van der Waals surface area contributed by atoms with E-state index in [1.807, 2.05) is 0 Å². The van der Waals surface area contributed by atoms with E-state index in [9.17, 15) is 35.5 Å². The molecule has 4 N–H and O–H groups in total. The quantitative estimate of drug-likeness (QED) is 0.108. The molecule has 0 aromatic rings. The van der Waals surface area contributed by atoms with Crippen molar-refractivity contribution in [1.82, 2.24) is 0 Å². The van der Waals surface area contributed by atoms with Gasteiger partial charge in [0.15, 0.2) is 0 Å². The van der Waals surface area contributed by atoms with Crippen molar-refractivity contribution in [3.63, 3.8) is 0 Å². The fourth-order valence-corrected chi connectivity index (χ4v) is 0.612. The second kappa shape index (κ2) is 18.8. The third-order valence-electron chi connectivity index (χ3n) is 0.597. The van der Waals surface area contributed by atoms with Crippen LogP contribution in [0.3, 0.4) is 0 Å². The topological polar surface area (TPSA) is 219 Å². The number of primary amides is 2. The van der Waals surface area contributed by atoms with Crippen molar-refractivity contribution in [2.45, 2.75) is 0 Å². The number of hydrogen-bond acceptors (Lipinski definition) is 10. The van der Waals surface area contributed by atoms with Gasteiger partial charge in [0, 0.05) is 0 Å². The largest absolute Gasteiger partial charge is 1.00 e. The van der Waals surface area contributed by atoms with Crippen LogP contribution in [0.2, 0.25) is 0 Å². The minimum atomic E-state index is -5.31. The molecule has 0 heterocycles. The number of carbonyl (C=O) groups is 2. The number of rotatable bonds is 5. The first-order valence-corrected chi connectivity index (χ1v) is 6.55. The van der Waals surface area contributed by atoms with Crippen LogP contribution < -0.4 is 114 Å². The molecular weight excluding hydrogens is 402 g/mol. The second-order valence-electron chi connectivity index (χ2n) is 2.17. The van der Waals surface area contributed by atoms with E-state index in [0.29, 0.717) is 0 Å². The Balaban J connectivity index is -0.0000000692. The zero-order chi connectivity index (χ0) is 17.0. The van der Waals surface area contributed by atoms with Crippen LogP contribution in [-0.4, -0.2) is 37.8 Å². The van der Waals surface area contributed by atoms with E-state index in [2.05, 4.69) is 33.3 Å². The summed E-state index contributed by atoms with van der Waals surface area (Å²) in [6.45, 7) is 6.17. The summed E-state index contributed by atoms with van der Waals surface area (Å²) in [4.78, 5) is 18.9. The fourth-order valence-electron chi connectivity index (χ4n) is 0.0680. The normalized spacial score (nSPS) is 9.00. The van der Waals surface area contributed by atoms with Gasteiger partial charge in [0.1, 0.15) is 0 Å². The first kappa shape index (κ1) is 34.7. The summed E-state index contributed by atoms with van der Waals surface area (Å²) in [5.41, 5.74) is 9.07. The molecule has 0 saturated heterocycles. The van der Waals surface area contributed by atoms with Gasteiger partial charge >= 0.3 is 103 Å². The zero-order valence-corrected chi connectivity index (χ0v) is 19.5. The van der Waals surface area contributed by atoms with Crippen LogP contribution in [0, 0.1) is 0 Å². The van der Waals surface area contributed by atoms with E-state index >= 15 is 0 Å². The third kappa shape index (κ3) is 57.9. The molecule has 0 aromatic carbocycles. The molecule has 0 radical (unpaired) electrons. The monoisotopic (exact) mass is 412 g/mol. The van der Waals surface area contributed by atoms with E-state index in [1.54, 1.807) is 0 Å². The van der Waals surface area contributed by atoms with E-state index in [0.717, 1.165) is 12.2 Å². The van der Waals surface area contributed by atoms with Crippen LogP contribution in [0.25, 0.3) is 0 Å². The Labute approximate surface area is 212 Å². The Morgan fingerprint density at radius 1 is 0.818 bits per heavy atom. The molecule has 0 saturated carbocycles. The average molecular weight is 412 g/mol. The molecule has 16 heteroatoms. The molecule has 12 nitrogen and oxygen atoms in total. The van der Waals surface area contributed by atoms with Crippen LogP contribution in [0.5, 0.6) is 0 Å². The standard InChI is InChI=1S/2C3H5NO.2K.H2O8S2/c2*1-2-3(4)5;;;1-9(2,3)7-8-10(4,5)6/h2*2H,1H2,(H2,4,5);;;(H,1,2,3)(H,4,5,6)/q;;2*+1;/p-2. The summed E-state index contributed by atoms with van der Waals surface area (Å²) in [5.74, 6) is -0.963. The predicted octanol–water partition coefficient (Wildman–Crippen LogP) is -8.82. The van der Waals surface area contributed by atoms with Crippen molar-refractivity contribution in [3.05, 3.63) is 25.3 Å². The zero-order valence-electron chi connectivity index (χ0n) is 11.6. The number of nitrogens with two attached hydrogens (primary N) is 2. The SMILES string of the molecule is C=CC(N)=O.C=CC(N)=O.O=S(=O)([O-])OOS(=O)(=O)[O-].[K+].[K+]. The van der Waals surface area contributed by atoms with Crippen molar-refractivity contribution in [2.24, 2.45) is 11.5 Å². The summed E-state index contributed by atoms with van der Waals surface area (Å²) < 4.78 is 61.5. The van der Waals surface area contributed by atoms with Crippen molar-refractivity contribution < 1.29 is 147 Å². The summed E-state index contributed by atoms with van der Waals surface area (Å²) in [7, 11) is -10.6. The van der Waals surface area contributed by atoms with Crippen LogP contribution in [-0.2, 0) is 39.1 Å². The average Bonchev–Trinajstić information content (AvgIpc) is 2.26. The molecule has 0 bridgehead atoms. The van der Waals surface area contributed by atoms with Gasteiger partial charge in [-0.3, -0.25) is 9.59 Å². The molecule has 0 spiro atoms. The Morgan fingerprint density at radius 3 is 1.00 bits per heavy atom. The maximum absolute atomic E-state index is 9.47. The van der Waals surface area contributed by atoms with Crippen LogP contribution >= 0.6 is 0 Å². The molecule has 0 fully saturated rings. The Bertz CT molecular complexity index is 494. The van der Waals surface area contributed by atoms with Gasteiger partial charge in [-0.05, 0) is 12.2 Å². The summed E-state index contributed by atoms with van der Waals surface area (Å²) in [6, 6.07) is 0. The summed E-state index contributed by atoms with van der Waals surface area (Å²) in [6.07, 6.45) is 2.11. The fraction of sp³-hybridized carbons (Fsp3) is 0. The molecule has 0 atom stereocenters. The van der Waals surface area contributed by atoms with Crippen molar-refractivity contribution >= 4 is 32.6 Å². The van der Waals surface area contributed by atoms with Crippen molar-refractivity contribution in [1.29, 1.82) is 0 Å². The van der Waals surface area contributed by atoms with Gasteiger partial charge in [0.25, 0.3) is 0 Å². The maximum Gasteiger partial charge on any atom is 1.00 e. The molecule has 0 unspecified atom stereocenters. The van der Waals surface area contributed by atoms with E-state index in [-0.39, 0.29) is 103 Å². The Morgan fingerprint density at radius 2 is 0.955 bits per heavy atom. The van der Waals surface area contributed by atoms with Gasteiger partial charge in [-0.2, -0.15) is 0 Å². The second-order valence-corrected chi connectivity index (χ2v) is 4.07. The Kier molecular flexibility index (Phi) is 29.6. The van der Waals surface area contributed by atoms with Gasteiger partial charge in [0.05, 0.1) is 0 Å². The summed E-state index contributed by atoms with van der Waals surface area (Å²) in [5, 5.41) is 0. The minimum absolute atomic E-state index is 0. The molecule has 0 aliphatic carbocycles. The van der Waals surface area contributed by atoms with Gasteiger partial charge in [0.2, 0.25) is 32.6 Å². The van der Waals surface area contributed by atoms with Gasteiger partial charge in [-0.1, -0.05) is 13.2 Å². The van der Waals surface area contributed by atoms with Crippen LogP contribution in [0.1, 0.15) is 0 Å². The van der Waals surface area contributed by atoms with Crippen LogP contribution in [0.4, 0.5) is 0 Å². The molecule has 22 heavy (non-hydrogen) atoms. The molecular formula is C6H10K2N2O10S2. The van der Waals surface area contributed by atoms with Gasteiger partial charge < -0.3 is 20.6 Å². The molecule has 2 amide bonds. The van der Waals surface area contributed by atoms with Crippen molar-refractivity contribution in [3.8, 4) is 0 Å². The first-order chi connectivity index (χ1) is 8.75. The molecule has 0 aliphatic heterocycles. The van der Waals surface area contributed by atoms with Crippen molar-refractivity contribution in [2.75, 3.05) is 0 Å². The summed E-state index contributed by atoms with van der Waals surface area (Å²) >= 11 is 0. The predicted molar refractivity (Wildman–Crippen MR) is 60.3 cm³/mol.